The summed E-state index contributed by atoms with van der Waals surface area (Å²) in [4.78, 5) is 24.6. The zero-order valence-electron chi connectivity index (χ0n) is 4.16. The second-order valence-electron chi connectivity index (χ2n) is 0.189. The summed E-state index contributed by atoms with van der Waals surface area (Å²) in [5.74, 6) is 0. The van der Waals surface area contributed by atoms with Crippen molar-refractivity contribution in [3.8, 4) is 0 Å². The standard InChI is InChI=1S/CH2O2.CO2.CO.3CH4.H2O.H2/c2*2-1-3;1-2;;;;;/h1H,(H,2,3);;;3*1H4;1H2;1H. The van der Waals surface area contributed by atoms with Crippen molar-refractivity contribution in [2.75, 3.05) is 0 Å². The molecular weight excluding hydrogens is 168 g/mol. The molecular formula is C6H18O6. The van der Waals surface area contributed by atoms with E-state index in [1.165, 1.54) is 0 Å². The van der Waals surface area contributed by atoms with Crippen molar-refractivity contribution in [1.29, 1.82) is 0 Å². The van der Waals surface area contributed by atoms with Crippen molar-refractivity contribution < 1.29 is 31.0 Å². The molecule has 6 nitrogen and oxygen atoms in total. The van der Waals surface area contributed by atoms with Crippen LogP contribution in [0.15, 0.2) is 0 Å². The maximum absolute atomic E-state index is 8.36. The van der Waals surface area contributed by atoms with Crippen LogP contribution in [0.5, 0.6) is 0 Å². The molecule has 0 atom stereocenters. The molecule has 0 saturated carbocycles. The molecule has 0 aliphatic carbocycles. The van der Waals surface area contributed by atoms with Crippen LogP contribution in [0.3, 0.4) is 0 Å². The van der Waals surface area contributed by atoms with Crippen molar-refractivity contribution in [2.45, 2.75) is 22.3 Å². The summed E-state index contributed by atoms with van der Waals surface area (Å²) in [6.07, 6.45) is 0.250. The van der Waals surface area contributed by atoms with E-state index in [1.807, 2.05) is 0 Å². The number of rotatable bonds is 0. The van der Waals surface area contributed by atoms with E-state index in [0.717, 1.165) is 0 Å². The summed E-state index contributed by atoms with van der Waals surface area (Å²) in [6, 6.07) is 0. The molecule has 0 saturated heterocycles. The molecule has 0 spiro atoms. The van der Waals surface area contributed by atoms with Crippen LogP contribution in [0.4, 0.5) is 0 Å². The Morgan fingerprint density at radius 3 is 1.25 bits per heavy atom. The van der Waals surface area contributed by atoms with Gasteiger partial charge >= 0.3 is 17.5 Å². The Morgan fingerprint density at radius 2 is 1.25 bits per heavy atom. The molecule has 6 heteroatoms. The smallest absolute Gasteiger partial charge is 0 e. The second kappa shape index (κ2) is 2310. The van der Waals surface area contributed by atoms with Crippen molar-refractivity contribution in [2.24, 2.45) is 0 Å². The molecule has 0 aromatic carbocycles. The van der Waals surface area contributed by atoms with Gasteiger partial charge in [0, 0.05) is 1.43 Å². The fourth-order valence-electron chi connectivity index (χ4n) is 0. The maximum Gasteiger partial charge on any atom is 0 e. The molecule has 0 aromatic heterocycles. The first-order chi connectivity index (χ1) is 3.83. The number of hydrogen-bond donors (Lipinski definition) is 1. The van der Waals surface area contributed by atoms with Gasteiger partial charge in [0.25, 0.3) is 6.47 Å². The van der Waals surface area contributed by atoms with Gasteiger partial charge in [0.15, 0.2) is 0 Å². The summed E-state index contributed by atoms with van der Waals surface area (Å²) >= 11 is 0. The minimum atomic E-state index is -0.250. The summed E-state index contributed by atoms with van der Waals surface area (Å²) in [5.41, 5.74) is 0. The molecule has 3 N–H and O–H groups in total. The fourth-order valence-corrected chi connectivity index (χ4v) is 0. The van der Waals surface area contributed by atoms with Gasteiger partial charge in [-0.3, -0.25) is 4.79 Å². The fraction of sp³-hybridized carbons (Fsp3) is 0.500. The van der Waals surface area contributed by atoms with E-state index in [4.69, 9.17) is 24.1 Å². The molecule has 0 heterocycles. The predicted molar refractivity (Wildman–Crippen MR) is 43.6 cm³/mol. The molecule has 0 radical (unpaired) electrons. The van der Waals surface area contributed by atoms with Gasteiger partial charge in [-0.2, -0.15) is 9.59 Å². The van der Waals surface area contributed by atoms with E-state index in [9.17, 15) is 0 Å². The average Bonchev–Trinajstić information content (AvgIpc) is 1.75. The Labute approximate surface area is 73.7 Å². The van der Waals surface area contributed by atoms with Crippen LogP contribution in [-0.2, 0) is 19.0 Å². The average molecular weight is 186 g/mol. The van der Waals surface area contributed by atoms with Gasteiger partial charge in [-0.15, -0.1) is 0 Å². The van der Waals surface area contributed by atoms with Crippen LogP contribution in [0.25, 0.3) is 0 Å². The Balaban J connectivity index is -0.00000000409. The molecule has 0 aromatic rings. The van der Waals surface area contributed by atoms with Gasteiger partial charge < -0.3 is 10.6 Å². The second-order valence-corrected chi connectivity index (χ2v) is 0.189. The zero-order valence-corrected chi connectivity index (χ0v) is 4.16. The summed E-state index contributed by atoms with van der Waals surface area (Å²) in [5, 5.41) is 6.89. The summed E-state index contributed by atoms with van der Waals surface area (Å²) in [6.45, 7) is 4.25. The molecule has 78 valence electrons. The molecule has 0 bridgehead atoms. The van der Waals surface area contributed by atoms with Crippen molar-refractivity contribution >= 4 is 12.6 Å². The maximum atomic E-state index is 8.36. The molecule has 0 unspecified atom stereocenters. The topological polar surface area (TPSA) is 123 Å². The summed E-state index contributed by atoms with van der Waals surface area (Å²) in [7, 11) is 0. The van der Waals surface area contributed by atoms with Gasteiger partial charge in [-0.25, -0.2) is 0 Å². The van der Waals surface area contributed by atoms with Crippen LogP contribution in [-0.4, -0.2) is 23.2 Å². The molecule has 0 aliphatic heterocycles. The summed E-state index contributed by atoms with van der Waals surface area (Å²) < 4.78 is 7.50. The van der Waals surface area contributed by atoms with Crippen LogP contribution in [0.1, 0.15) is 23.7 Å². The molecule has 0 aliphatic rings. The van der Waals surface area contributed by atoms with E-state index in [0.29, 0.717) is 0 Å². The third-order valence-electron chi connectivity index (χ3n) is 0. The van der Waals surface area contributed by atoms with Gasteiger partial charge in [0.1, 0.15) is 0 Å². The molecule has 0 amide bonds. The zero-order chi connectivity index (χ0) is 7.41. The van der Waals surface area contributed by atoms with E-state index < -0.39 is 0 Å². The number of hydrogen-bond acceptors (Lipinski definition) is 3. The first kappa shape index (κ1) is 76.3. The Kier molecular flexibility index (Phi) is 14700. The van der Waals surface area contributed by atoms with E-state index in [-0.39, 0.29) is 41.8 Å². The normalized spacial score (nSPS) is 1.83. The third-order valence-corrected chi connectivity index (χ3v) is 0. The SMILES string of the molecule is C.C.C.O.O=C=O.O=CO.[C-]#[O+].[HH]. The van der Waals surface area contributed by atoms with E-state index in [1.54, 1.807) is 0 Å². The first-order valence-electron chi connectivity index (χ1n) is 1.11. The Bertz CT molecular complexity index is 86.4. The number of carboxylic acid groups (broad SMARTS) is 1. The predicted octanol–water partition coefficient (Wildman–Crippen LogP) is 0.409. The van der Waals surface area contributed by atoms with Gasteiger partial charge in [-0.1, -0.05) is 22.3 Å². The van der Waals surface area contributed by atoms with Crippen LogP contribution < -0.4 is 0 Å². The van der Waals surface area contributed by atoms with E-state index in [2.05, 4.69) is 6.65 Å². The number of carbonyl (C=O) groups is 1. The monoisotopic (exact) mass is 186 g/mol. The third kappa shape index (κ3) is 232. The van der Waals surface area contributed by atoms with Crippen molar-refractivity contribution in [3.63, 3.8) is 0 Å². The van der Waals surface area contributed by atoms with Gasteiger partial charge in [0.2, 0.25) is 0 Å². The molecule has 0 rings (SSSR count). The quantitative estimate of drug-likeness (QED) is 0.334. The Hall–Kier alpha value is -1.45. The van der Waals surface area contributed by atoms with Crippen LogP contribution in [0.2, 0.25) is 0 Å². The van der Waals surface area contributed by atoms with Gasteiger partial charge in [-0.05, 0) is 0 Å². The van der Waals surface area contributed by atoms with Crippen LogP contribution >= 0.6 is 0 Å². The molecule has 0 fully saturated rings. The molecule has 12 heavy (non-hydrogen) atoms. The first-order valence-corrected chi connectivity index (χ1v) is 1.11. The van der Waals surface area contributed by atoms with Crippen LogP contribution in [0, 0.1) is 6.65 Å². The largest absolute Gasteiger partial charge is 0 e. The number of carbonyl (C=O) groups excluding carboxylic acids is 2. The minimum absolute atomic E-state index is 0. The van der Waals surface area contributed by atoms with Gasteiger partial charge in [0.05, 0.1) is 0 Å². The Morgan fingerprint density at radius 1 is 1.25 bits per heavy atom. The van der Waals surface area contributed by atoms with E-state index >= 15 is 0 Å². The van der Waals surface area contributed by atoms with Crippen molar-refractivity contribution in [1.82, 2.24) is 0 Å². The van der Waals surface area contributed by atoms with Crippen molar-refractivity contribution in [3.05, 3.63) is 6.65 Å². The minimum Gasteiger partial charge on any atom is 0 e.